The van der Waals surface area contributed by atoms with Crippen molar-refractivity contribution in [2.24, 2.45) is 0 Å². The van der Waals surface area contributed by atoms with E-state index in [-0.39, 0.29) is 122 Å². The smallest absolute Gasteiger partial charge is 0.355 e. The van der Waals surface area contributed by atoms with Gasteiger partial charge in [0.2, 0.25) is 0 Å². The van der Waals surface area contributed by atoms with Gasteiger partial charge in [-0.2, -0.15) is 0 Å². The van der Waals surface area contributed by atoms with Crippen LogP contribution in [0.4, 0.5) is 0 Å². The van der Waals surface area contributed by atoms with Crippen LogP contribution in [0.15, 0.2) is 18.2 Å². The third-order valence-electron chi connectivity index (χ3n) is 1.40. The van der Waals surface area contributed by atoms with E-state index in [1.807, 2.05) is 18.2 Å². The van der Waals surface area contributed by atoms with Gasteiger partial charge in [-0.3, -0.25) is 23.8 Å². The first kappa shape index (κ1) is 17.2. The predicted octanol–water partition coefficient (Wildman–Crippen LogP) is -3.41. The van der Waals surface area contributed by atoms with Crippen LogP contribution >= 0.6 is 0 Å². The van der Waals surface area contributed by atoms with Gasteiger partial charge in [0, 0.05) is 0 Å². The largest absolute Gasteiger partial charge is 1.00 e. The molecule has 54 valence electrons. The summed E-state index contributed by atoms with van der Waals surface area (Å²) in [6.07, 6.45) is 0. The number of rotatable bonds is 0. The molecule has 0 saturated carbocycles. The summed E-state index contributed by atoms with van der Waals surface area (Å²) >= 11 is 0. The standard InChI is InChI=1S/C10H12.2Rb/c1-10(2,3)9-7-5-4-6-8-9;;/h4-6H,1-3H3;;/q-2;2*+1. The SMILES string of the molecule is CC(C)(C)c1[c-]ccc[c-]1.[Rb+].[Rb+]. The Hall–Kier alpha value is 2.83. The molecular weight excluding hydrogens is 291 g/mol. The molecule has 0 unspecified atom stereocenters. The van der Waals surface area contributed by atoms with Crippen molar-refractivity contribution in [3.63, 3.8) is 0 Å². The number of hydrogen-bond donors (Lipinski definition) is 0. The van der Waals surface area contributed by atoms with E-state index in [9.17, 15) is 0 Å². The van der Waals surface area contributed by atoms with Crippen LogP contribution in [0.2, 0.25) is 0 Å². The summed E-state index contributed by atoms with van der Waals surface area (Å²) in [5.74, 6) is 0. The molecule has 0 radical (unpaired) electrons. The summed E-state index contributed by atoms with van der Waals surface area (Å²) in [6, 6.07) is 12.1. The Labute approximate surface area is 173 Å². The van der Waals surface area contributed by atoms with E-state index in [0.717, 1.165) is 5.56 Å². The van der Waals surface area contributed by atoms with Gasteiger partial charge in [0.25, 0.3) is 0 Å². The fraction of sp³-hybridized carbons (Fsp3) is 0.400. The van der Waals surface area contributed by atoms with E-state index >= 15 is 0 Å². The Morgan fingerprint density at radius 3 is 1.67 bits per heavy atom. The molecule has 0 bridgehead atoms. The molecule has 0 nitrogen and oxygen atoms in total. The minimum atomic E-state index is 0. The zero-order valence-corrected chi connectivity index (χ0v) is 18.6. The average molecular weight is 303 g/mol. The van der Waals surface area contributed by atoms with Crippen LogP contribution in [-0.4, -0.2) is 0 Å². The first-order valence-electron chi connectivity index (χ1n) is 3.49. The average Bonchev–Trinajstić information content (AvgIpc) is 1.88. The van der Waals surface area contributed by atoms with Gasteiger partial charge < -0.3 is 12.1 Å². The molecule has 0 atom stereocenters. The topological polar surface area (TPSA) is 0 Å². The van der Waals surface area contributed by atoms with E-state index in [0.29, 0.717) is 0 Å². The van der Waals surface area contributed by atoms with Crippen molar-refractivity contribution in [2.75, 3.05) is 0 Å². The maximum atomic E-state index is 3.15. The van der Waals surface area contributed by atoms with Crippen LogP contribution in [0.5, 0.6) is 0 Å². The molecule has 0 aliphatic heterocycles. The van der Waals surface area contributed by atoms with Gasteiger partial charge >= 0.3 is 116 Å². The third-order valence-corrected chi connectivity index (χ3v) is 1.40. The van der Waals surface area contributed by atoms with Crippen molar-refractivity contribution in [3.8, 4) is 0 Å². The number of benzene rings is 1. The summed E-state index contributed by atoms with van der Waals surface area (Å²) < 4.78 is 0. The Balaban J connectivity index is 0. The van der Waals surface area contributed by atoms with Crippen LogP contribution in [0, 0.1) is 12.1 Å². The van der Waals surface area contributed by atoms with Gasteiger partial charge in [0.05, 0.1) is 0 Å². The molecule has 1 aromatic carbocycles. The van der Waals surface area contributed by atoms with E-state index < -0.39 is 0 Å². The molecular formula is C10H12Rb2. The van der Waals surface area contributed by atoms with Gasteiger partial charge in [-0.15, -0.1) is 0 Å². The Bertz CT molecular complexity index is 199. The fourth-order valence-corrected chi connectivity index (χ4v) is 0.786. The summed E-state index contributed by atoms with van der Waals surface area (Å²) in [7, 11) is 0. The van der Waals surface area contributed by atoms with Crippen molar-refractivity contribution >= 4 is 0 Å². The second-order valence-corrected chi connectivity index (χ2v) is 3.44. The molecule has 12 heavy (non-hydrogen) atoms. The molecule has 0 spiro atoms. The molecule has 0 fully saturated rings. The molecule has 0 saturated heterocycles. The van der Waals surface area contributed by atoms with Gasteiger partial charge in [-0.1, -0.05) is 26.2 Å². The summed E-state index contributed by atoms with van der Waals surface area (Å²) in [5, 5.41) is 0. The number of hydrogen-bond acceptors (Lipinski definition) is 0. The van der Waals surface area contributed by atoms with E-state index in [1.54, 1.807) is 0 Å². The summed E-state index contributed by atoms with van der Waals surface area (Å²) in [4.78, 5) is 0. The molecule has 0 aliphatic carbocycles. The quantitative estimate of drug-likeness (QED) is 0.438. The van der Waals surface area contributed by atoms with Crippen LogP contribution in [-0.2, 0) is 5.41 Å². The molecule has 0 amide bonds. The normalized spacial score (nSPS) is 9.58. The molecule has 0 N–H and O–H groups in total. The predicted molar refractivity (Wildman–Crippen MR) is 42.8 cm³/mol. The van der Waals surface area contributed by atoms with Gasteiger partial charge in [0.1, 0.15) is 0 Å². The summed E-state index contributed by atoms with van der Waals surface area (Å²) in [6.45, 7) is 6.49. The van der Waals surface area contributed by atoms with Gasteiger partial charge in [0.15, 0.2) is 0 Å². The first-order chi connectivity index (χ1) is 4.61. The van der Waals surface area contributed by atoms with Crippen molar-refractivity contribution in [1.29, 1.82) is 0 Å². The van der Waals surface area contributed by atoms with Crippen LogP contribution in [0.3, 0.4) is 0 Å². The van der Waals surface area contributed by atoms with E-state index in [4.69, 9.17) is 0 Å². The fourth-order valence-electron chi connectivity index (χ4n) is 0.786. The Morgan fingerprint density at radius 2 is 1.42 bits per heavy atom. The van der Waals surface area contributed by atoms with Crippen LogP contribution in [0.25, 0.3) is 0 Å². The maximum absolute atomic E-state index is 3.15. The molecule has 1 rings (SSSR count). The van der Waals surface area contributed by atoms with E-state index in [1.165, 1.54) is 0 Å². The Morgan fingerprint density at radius 1 is 1.00 bits per heavy atom. The van der Waals surface area contributed by atoms with Crippen LogP contribution in [0.1, 0.15) is 26.3 Å². The van der Waals surface area contributed by atoms with Crippen molar-refractivity contribution in [1.82, 2.24) is 0 Å². The minimum Gasteiger partial charge on any atom is -0.355 e. The Kier molecular flexibility index (Phi) is 11.5. The molecule has 0 aromatic heterocycles. The van der Waals surface area contributed by atoms with Crippen LogP contribution < -0.4 is 116 Å². The zero-order valence-electron chi connectivity index (χ0n) is 8.73. The second-order valence-electron chi connectivity index (χ2n) is 3.44. The molecule has 2 heteroatoms. The minimum absolute atomic E-state index is 0. The zero-order chi connectivity index (χ0) is 7.61. The summed E-state index contributed by atoms with van der Waals surface area (Å²) in [5.41, 5.74) is 1.33. The van der Waals surface area contributed by atoms with Gasteiger partial charge in [-0.05, 0) is 0 Å². The first-order valence-corrected chi connectivity index (χ1v) is 3.49. The molecule has 0 heterocycles. The third kappa shape index (κ3) is 6.34. The van der Waals surface area contributed by atoms with E-state index in [2.05, 4.69) is 32.9 Å². The maximum Gasteiger partial charge on any atom is 1.00 e. The second kappa shape index (κ2) is 8.04. The molecule has 1 aromatic rings. The van der Waals surface area contributed by atoms with Gasteiger partial charge in [-0.25, -0.2) is 0 Å². The van der Waals surface area contributed by atoms with Crippen molar-refractivity contribution in [3.05, 3.63) is 35.9 Å². The van der Waals surface area contributed by atoms with Crippen molar-refractivity contribution in [2.45, 2.75) is 26.2 Å². The molecule has 0 aliphatic rings. The monoisotopic (exact) mass is 302 g/mol. The van der Waals surface area contributed by atoms with Crippen molar-refractivity contribution < 1.29 is 116 Å².